The van der Waals surface area contributed by atoms with Gasteiger partial charge in [0.15, 0.2) is 0 Å². The Hall–Kier alpha value is -1.71. The van der Waals surface area contributed by atoms with E-state index in [-0.39, 0.29) is 16.3 Å². The molecular weight excluding hydrogens is 346 g/mol. The molecule has 1 aromatic rings. The largest absolute Gasteiger partial charge is 0.495 e. The molecule has 2 aliphatic rings. The van der Waals surface area contributed by atoms with Crippen molar-refractivity contribution < 1.29 is 18.1 Å². The second kappa shape index (κ2) is 7.27. The van der Waals surface area contributed by atoms with Crippen molar-refractivity contribution in [3.05, 3.63) is 28.3 Å². The van der Waals surface area contributed by atoms with E-state index in [1.165, 1.54) is 30.0 Å². The van der Waals surface area contributed by atoms with Gasteiger partial charge in [-0.2, -0.15) is 4.31 Å². The van der Waals surface area contributed by atoms with Gasteiger partial charge in [0, 0.05) is 31.3 Å². The summed E-state index contributed by atoms with van der Waals surface area (Å²) in [6, 6.07) is 4.15. The van der Waals surface area contributed by atoms with Gasteiger partial charge in [-0.15, -0.1) is 0 Å². The molecule has 0 aliphatic carbocycles. The van der Waals surface area contributed by atoms with Crippen molar-refractivity contribution in [1.82, 2.24) is 9.62 Å². The number of hydrogen-bond acceptors (Lipinski definition) is 6. The summed E-state index contributed by atoms with van der Waals surface area (Å²) < 4.78 is 32.5. The molecule has 3 rings (SSSR count). The third-order valence-corrected chi connectivity index (χ3v) is 7.06. The summed E-state index contributed by atoms with van der Waals surface area (Å²) in [5, 5.41) is 14.5. The lowest BCUT2D eigenvalue weighted by Gasteiger charge is -2.34. The average Bonchev–Trinajstić information content (AvgIpc) is 3.16. The molecule has 138 valence electrons. The van der Waals surface area contributed by atoms with Crippen molar-refractivity contribution in [1.29, 1.82) is 0 Å². The molecule has 9 heteroatoms. The zero-order chi connectivity index (χ0) is 18.0. The van der Waals surface area contributed by atoms with E-state index in [9.17, 15) is 18.5 Å². The number of methoxy groups -OCH3 is 1. The number of ether oxygens (including phenoxy) is 1. The first-order valence-electron chi connectivity index (χ1n) is 8.49. The minimum atomic E-state index is -3.82. The number of benzene rings is 1. The van der Waals surface area contributed by atoms with Crippen LogP contribution in [0.5, 0.6) is 5.75 Å². The minimum absolute atomic E-state index is 0.130. The van der Waals surface area contributed by atoms with Gasteiger partial charge in [0.25, 0.3) is 5.69 Å². The summed E-state index contributed by atoms with van der Waals surface area (Å²) >= 11 is 0. The number of nitro benzene ring substituents is 1. The Balaban J connectivity index is 1.80. The zero-order valence-electron chi connectivity index (χ0n) is 14.2. The molecular formula is C16H23N3O5S. The van der Waals surface area contributed by atoms with Gasteiger partial charge in [0.1, 0.15) is 10.6 Å². The van der Waals surface area contributed by atoms with Gasteiger partial charge in [-0.1, -0.05) is 0 Å². The van der Waals surface area contributed by atoms with Crippen LogP contribution < -0.4 is 10.1 Å². The molecule has 0 saturated carbocycles. The quantitative estimate of drug-likeness (QED) is 0.627. The number of nitrogens with zero attached hydrogens (tertiary/aromatic N) is 2. The molecule has 1 aromatic carbocycles. The van der Waals surface area contributed by atoms with Gasteiger partial charge in [0.05, 0.1) is 12.0 Å². The minimum Gasteiger partial charge on any atom is -0.495 e. The Labute approximate surface area is 147 Å². The highest BCUT2D eigenvalue weighted by molar-refractivity contribution is 7.89. The lowest BCUT2D eigenvalue weighted by molar-refractivity contribution is -0.385. The van der Waals surface area contributed by atoms with Gasteiger partial charge >= 0.3 is 0 Å². The third kappa shape index (κ3) is 3.63. The van der Waals surface area contributed by atoms with Crippen LogP contribution in [-0.4, -0.2) is 50.4 Å². The fraction of sp³-hybridized carbons (Fsp3) is 0.625. The molecule has 8 nitrogen and oxygen atoms in total. The number of piperidine rings is 1. The number of rotatable bonds is 5. The molecule has 0 spiro atoms. The zero-order valence-corrected chi connectivity index (χ0v) is 15.0. The monoisotopic (exact) mass is 369 g/mol. The van der Waals surface area contributed by atoms with Crippen LogP contribution in [0.25, 0.3) is 0 Å². The SMILES string of the molecule is COc1ccc([N+](=O)[O-])cc1S(=O)(=O)N1CCC(C2CCCN2)CC1. The summed E-state index contributed by atoms with van der Waals surface area (Å²) in [7, 11) is -2.46. The van der Waals surface area contributed by atoms with Crippen molar-refractivity contribution in [2.45, 2.75) is 36.6 Å². The standard InChI is InChI=1S/C16H23N3O5S/c1-24-15-5-4-13(19(20)21)11-16(15)25(22,23)18-9-6-12(7-10-18)14-3-2-8-17-14/h4-5,11-12,14,17H,2-3,6-10H2,1H3. The summed E-state index contributed by atoms with van der Waals surface area (Å²) in [4.78, 5) is 10.3. The Morgan fingerprint density at radius 3 is 2.56 bits per heavy atom. The van der Waals surface area contributed by atoms with Gasteiger partial charge in [0.2, 0.25) is 10.0 Å². The molecule has 0 radical (unpaired) electrons. The van der Waals surface area contributed by atoms with Gasteiger partial charge in [-0.05, 0) is 44.2 Å². The summed E-state index contributed by atoms with van der Waals surface area (Å²) in [6.07, 6.45) is 3.92. The second-order valence-corrected chi connectivity index (χ2v) is 8.44. The molecule has 1 atom stereocenters. The predicted molar refractivity (Wildman–Crippen MR) is 92.2 cm³/mol. The van der Waals surface area contributed by atoms with E-state index < -0.39 is 14.9 Å². The molecule has 0 aromatic heterocycles. The Kier molecular flexibility index (Phi) is 5.26. The first kappa shape index (κ1) is 18.1. The van der Waals surface area contributed by atoms with E-state index in [2.05, 4.69) is 5.32 Å². The molecule has 2 aliphatic heterocycles. The second-order valence-electron chi connectivity index (χ2n) is 6.54. The predicted octanol–water partition coefficient (Wildman–Crippen LogP) is 1.76. The van der Waals surface area contributed by atoms with Crippen LogP contribution >= 0.6 is 0 Å². The first-order valence-corrected chi connectivity index (χ1v) is 9.93. The normalized spacial score (nSPS) is 22.8. The van der Waals surface area contributed by atoms with Crippen molar-refractivity contribution in [3.8, 4) is 5.75 Å². The lowest BCUT2D eigenvalue weighted by Crippen LogP contribution is -2.43. The molecule has 2 saturated heterocycles. The summed E-state index contributed by atoms with van der Waals surface area (Å²) in [5.41, 5.74) is -0.260. The molecule has 25 heavy (non-hydrogen) atoms. The van der Waals surface area contributed by atoms with E-state index in [4.69, 9.17) is 4.74 Å². The molecule has 2 fully saturated rings. The lowest BCUT2D eigenvalue weighted by atomic mass is 9.89. The maximum Gasteiger partial charge on any atom is 0.271 e. The smallest absolute Gasteiger partial charge is 0.271 e. The topological polar surface area (TPSA) is 102 Å². The average molecular weight is 369 g/mol. The van der Waals surface area contributed by atoms with Crippen molar-refractivity contribution in [3.63, 3.8) is 0 Å². The van der Waals surface area contributed by atoms with Crippen LogP contribution in [0.2, 0.25) is 0 Å². The van der Waals surface area contributed by atoms with Crippen molar-refractivity contribution in [2.75, 3.05) is 26.7 Å². The fourth-order valence-electron chi connectivity index (χ4n) is 3.75. The van der Waals surface area contributed by atoms with Crippen LogP contribution in [0.15, 0.2) is 23.1 Å². The van der Waals surface area contributed by atoms with Crippen LogP contribution in [0.1, 0.15) is 25.7 Å². The highest BCUT2D eigenvalue weighted by Gasteiger charge is 2.35. The number of nitro groups is 1. The fourth-order valence-corrected chi connectivity index (χ4v) is 5.40. The van der Waals surface area contributed by atoms with E-state index in [0.29, 0.717) is 25.0 Å². The maximum absolute atomic E-state index is 13.0. The van der Waals surface area contributed by atoms with E-state index in [1.54, 1.807) is 0 Å². The summed E-state index contributed by atoms with van der Waals surface area (Å²) in [5.74, 6) is 0.617. The molecule has 0 bridgehead atoms. The molecule has 2 heterocycles. The highest BCUT2D eigenvalue weighted by Crippen LogP contribution is 2.33. The van der Waals surface area contributed by atoms with Crippen LogP contribution in [0.4, 0.5) is 5.69 Å². The van der Waals surface area contributed by atoms with Crippen LogP contribution in [0.3, 0.4) is 0 Å². The Bertz CT molecular complexity index is 738. The molecule has 0 amide bonds. The van der Waals surface area contributed by atoms with E-state index in [1.807, 2.05) is 0 Å². The van der Waals surface area contributed by atoms with Crippen LogP contribution in [-0.2, 0) is 10.0 Å². The number of nitrogens with one attached hydrogen (secondary N) is 1. The maximum atomic E-state index is 13.0. The van der Waals surface area contributed by atoms with Crippen LogP contribution in [0, 0.1) is 16.0 Å². The van der Waals surface area contributed by atoms with E-state index >= 15 is 0 Å². The van der Waals surface area contributed by atoms with Crippen molar-refractivity contribution >= 4 is 15.7 Å². The highest BCUT2D eigenvalue weighted by atomic mass is 32.2. The first-order chi connectivity index (χ1) is 11.9. The molecule has 1 unspecified atom stereocenters. The van der Waals surface area contributed by atoms with Crippen molar-refractivity contribution in [2.24, 2.45) is 5.92 Å². The van der Waals surface area contributed by atoms with Gasteiger partial charge in [-0.25, -0.2) is 8.42 Å². The number of sulfonamides is 1. The molecule has 1 N–H and O–H groups in total. The van der Waals surface area contributed by atoms with Gasteiger partial charge in [-0.3, -0.25) is 10.1 Å². The number of hydrogen-bond donors (Lipinski definition) is 1. The third-order valence-electron chi connectivity index (χ3n) is 5.14. The van der Waals surface area contributed by atoms with Gasteiger partial charge < -0.3 is 10.1 Å². The Morgan fingerprint density at radius 1 is 1.28 bits per heavy atom. The number of non-ortho nitro benzene ring substituents is 1. The summed E-state index contributed by atoms with van der Waals surface area (Å²) in [6.45, 7) is 1.89. The van der Waals surface area contributed by atoms with E-state index in [0.717, 1.165) is 31.9 Å². The Morgan fingerprint density at radius 2 is 2.00 bits per heavy atom.